The van der Waals surface area contributed by atoms with Crippen molar-refractivity contribution in [2.24, 2.45) is 5.92 Å². The van der Waals surface area contributed by atoms with Crippen molar-refractivity contribution in [3.05, 3.63) is 35.9 Å². The minimum absolute atomic E-state index is 0.229. The summed E-state index contributed by atoms with van der Waals surface area (Å²) in [4.78, 5) is 24.5. The van der Waals surface area contributed by atoms with E-state index in [-0.39, 0.29) is 18.8 Å². The van der Waals surface area contributed by atoms with Gasteiger partial charge >= 0.3 is 12.1 Å². The van der Waals surface area contributed by atoms with Crippen LogP contribution in [0.25, 0.3) is 0 Å². The number of rotatable bonds is 5. The topological polar surface area (TPSA) is 76.1 Å². The van der Waals surface area contributed by atoms with Crippen LogP contribution in [0.15, 0.2) is 30.3 Å². The van der Waals surface area contributed by atoms with Gasteiger partial charge in [0.05, 0.1) is 25.2 Å². The lowest BCUT2D eigenvalue weighted by molar-refractivity contribution is -0.143. The summed E-state index contributed by atoms with van der Waals surface area (Å²) in [6.07, 6.45) is -0.262. The molecule has 0 spiro atoms. The van der Waals surface area contributed by atoms with E-state index in [1.54, 1.807) is 11.8 Å². The Morgan fingerprint density at radius 3 is 2.82 bits per heavy atom. The molecule has 1 heterocycles. The van der Waals surface area contributed by atoms with Crippen molar-refractivity contribution in [1.29, 1.82) is 0 Å². The standard InChI is InChI=1S/C16H21NO5/c1-12(15(18)19)9-14-10-17(7-8-21-14)16(20)22-11-13-5-3-2-4-6-13/h2-6,12,14H,7-11H2,1H3,(H,18,19). The molecule has 1 saturated heterocycles. The normalized spacial score (nSPS) is 19.5. The van der Waals surface area contributed by atoms with Crippen LogP contribution in [0.4, 0.5) is 4.79 Å². The summed E-state index contributed by atoms with van der Waals surface area (Å²) in [6, 6.07) is 9.47. The van der Waals surface area contributed by atoms with Gasteiger partial charge in [-0.1, -0.05) is 37.3 Å². The number of ether oxygens (including phenoxy) is 2. The summed E-state index contributed by atoms with van der Waals surface area (Å²) in [5.41, 5.74) is 0.931. The summed E-state index contributed by atoms with van der Waals surface area (Å²) in [5, 5.41) is 8.94. The van der Waals surface area contributed by atoms with Gasteiger partial charge in [0.2, 0.25) is 0 Å². The van der Waals surface area contributed by atoms with Crippen LogP contribution >= 0.6 is 0 Å². The van der Waals surface area contributed by atoms with Gasteiger partial charge in [0.1, 0.15) is 6.61 Å². The number of hydrogen-bond acceptors (Lipinski definition) is 4. The Labute approximate surface area is 129 Å². The van der Waals surface area contributed by atoms with Gasteiger partial charge in [-0.15, -0.1) is 0 Å². The summed E-state index contributed by atoms with van der Waals surface area (Å²) in [5.74, 6) is -1.35. The predicted octanol–water partition coefficient (Wildman–Crippen LogP) is 2.13. The SMILES string of the molecule is CC(CC1CN(C(=O)OCc2ccccc2)CCO1)C(=O)O. The zero-order valence-corrected chi connectivity index (χ0v) is 12.6. The maximum atomic E-state index is 12.1. The lowest BCUT2D eigenvalue weighted by Crippen LogP contribution is -2.46. The molecule has 1 N–H and O–H groups in total. The van der Waals surface area contributed by atoms with Crippen LogP contribution in [-0.2, 0) is 20.9 Å². The van der Waals surface area contributed by atoms with E-state index in [0.29, 0.717) is 26.1 Å². The Hall–Kier alpha value is -2.08. The summed E-state index contributed by atoms with van der Waals surface area (Å²) in [7, 11) is 0. The first-order valence-corrected chi connectivity index (χ1v) is 7.36. The molecule has 0 aromatic heterocycles. The number of carbonyl (C=O) groups excluding carboxylic acids is 1. The molecular formula is C16H21NO5. The average Bonchev–Trinajstić information content (AvgIpc) is 2.53. The van der Waals surface area contributed by atoms with Gasteiger partial charge in [0.25, 0.3) is 0 Å². The number of carboxylic acids is 1. The fourth-order valence-electron chi connectivity index (χ4n) is 2.33. The summed E-state index contributed by atoms with van der Waals surface area (Å²) in [6.45, 7) is 3.10. The second-order valence-electron chi connectivity index (χ2n) is 5.45. The largest absolute Gasteiger partial charge is 0.481 e. The molecule has 1 fully saturated rings. The third kappa shape index (κ3) is 4.73. The van der Waals surface area contributed by atoms with E-state index >= 15 is 0 Å². The van der Waals surface area contributed by atoms with Crippen LogP contribution in [-0.4, -0.2) is 47.9 Å². The molecule has 0 aliphatic carbocycles. The summed E-state index contributed by atoms with van der Waals surface area (Å²) < 4.78 is 10.8. The lowest BCUT2D eigenvalue weighted by atomic mass is 10.0. The smallest absolute Gasteiger partial charge is 0.410 e. The molecule has 2 rings (SSSR count). The highest BCUT2D eigenvalue weighted by Crippen LogP contribution is 2.15. The first-order valence-electron chi connectivity index (χ1n) is 7.36. The van der Waals surface area contributed by atoms with E-state index in [4.69, 9.17) is 14.6 Å². The molecule has 6 nitrogen and oxygen atoms in total. The molecule has 0 saturated carbocycles. The van der Waals surface area contributed by atoms with Gasteiger partial charge in [-0.05, 0) is 12.0 Å². The van der Waals surface area contributed by atoms with Crippen LogP contribution in [0.3, 0.4) is 0 Å². The second-order valence-corrected chi connectivity index (χ2v) is 5.45. The number of carbonyl (C=O) groups is 2. The van der Waals surface area contributed by atoms with E-state index < -0.39 is 11.9 Å². The third-order valence-electron chi connectivity index (χ3n) is 3.64. The quantitative estimate of drug-likeness (QED) is 0.902. The molecule has 6 heteroatoms. The van der Waals surface area contributed by atoms with E-state index in [9.17, 15) is 9.59 Å². The Morgan fingerprint density at radius 2 is 2.14 bits per heavy atom. The predicted molar refractivity (Wildman–Crippen MR) is 79.4 cm³/mol. The van der Waals surface area contributed by atoms with E-state index in [1.807, 2.05) is 30.3 Å². The number of carboxylic acid groups (broad SMARTS) is 1. The van der Waals surface area contributed by atoms with Gasteiger partial charge in [-0.25, -0.2) is 4.79 Å². The van der Waals surface area contributed by atoms with Gasteiger partial charge in [-0.2, -0.15) is 0 Å². The fourth-order valence-corrected chi connectivity index (χ4v) is 2.33. The van der Waals surface area contributed by atoms with Crippen molar-refractivity contribution in [2.75, 3.05) is 19.7 Å². The van der Waals surface area contributed by atoms with Crippen LogP contribution in [0.5, 0.6) is 0 Å². The Kier molecular flexibility index (Phi) is 5.77. The highest BCUT2D eigenvalue weighted by Gasteiger charge is 2.28. The molecule has 1 aromatic carbocycles. The van der Waals surface area contributed by atoms with Gasteiger partial charge < -0.3 is 19.5 Å². The Bertz CT molecular complexity index is 505. The zero-order chi connectivity index (χ0) is 15.9. The Morgan fingerprint density at radius 1 is 1.41 bits per heavy atom. The molecule has 0 bridgehead atoms. The molecule has 1 amide bonds. The van der Waals surface area contributed by atoms with Crippen LogP contribution in [0.2, 0.25) is 0 Å². The minimum Gasteiger partial charge on any atom is -0.481 e. The molecule has 1 aromatic rings. The van der Waals surface area contributed by atoms with Crippen molar-refractivity contribution < 1.29 is 24.2 Å². The first kappa shape index (κ1) is 16.3. The number of aliphatic carboxylic acids is 1. The maximum absolute atomic E-state index is 12.1. The number of morpholine rings is 1. The summed E-state index contributed by atoms with van der Waals surface area (Å²) >= 11 is 0. The lowest BCUT2D eigenvalue weighted by Gasteiger charge is -2.32. The highest BCUT2D eigenvalue weighted by atomic mass is 16.6. The zero-order valence-electron chi connectivity index (χ0n) is 12.6. The Balaban J connectivity index is 1.81. The molecule has 120 valence electrons. The molecular weight excluding hydrogens is 286 g/mol. The van der Waals surface area contributed by atoms with Crippen LogP contribution < -0.4 is 0 Å². The first-order chi connectivity index (χ1) is 10.6. The maximum Gasteiger partial charge on any atom is 0.410 e. The van der Waals surface area contributed by atoms with Crippen molar-refractivity contribution in [3.8, 4) is 0 Å². The highest BCUT2D eigenvalue weighted by molar-refractivity contribution is 5.69. The minimum atomic E-state index is -0.854. The average molecular weight is 307 g/mol. The molecule has 1 aliphatic rings. The van der Waals surface area contributed by atoms with Crippen molar-refractivity contribution in [2.45, 2.75) is 26.1 Å². The van der Waals surface area contributed by atoms with E-state index in [0.717, 1.165) is 5.56 Å². The number of hydrogen-bond donors (Lipinski definition) is 1. The van der Waals surface area contributed by atoms with Crippen molar-refractivity contribution in [1.82, 2.24) is 4.90 Å². The fraction of sp³-hybridized carbons (Fsp3) is 0.500. The van der Waals surface area contributed by atoms with Crippen molar-refractivity contribution in [3.63, 3.8) is 0 Å². The third-order valence-corrected chi connectivity index (χ3v) is 3.64. The number of benzene rings is 1. The molecule has 2 unspecified atom stereocenters. The van der Waals surface area contributed by atoms with Gasteiger partial charge in [-0.3, -0.25) is 4.79 Å². The number of amides is 1. The van der Waals surface area contributed by atoms with Crippen molar-refractivity contribution >= 4 is 12.1 Å². The molecule has 0 radical (unpaired) electrons. The van der Waals surface area contributed by atoms with E-state index in [2.05, 4.69) is 0 Å². The van der Waals surface area contributed by atoms with Gasteiger partial charge in [0.15, 0.2) is 0 Å². The molecule has 2 atom stereocenters. The van der Waals surface area contributed by atoms with Crippen LogP contribution in [0.1, 0.15) is 18.9 Å². The monoisotopic (exact) mass is 307 g/mol. The molecule has 22 heavy (non-hydrogen) atoms. The molecule has 1 aliphatic heterocycles. The van der Waals surface area contributed by atoms with Crippen LogP contribution in [0, 0.1) is 5.92 Å². The number of nitrogens with zero attached hydrogens (tertiary/aromatic N) is 1. The van der Waals surface area contributed by atoms with Gasteiger partial charge in [0, 0.05) is 6.54 Å². The van der Waals surface area contributed by atoms with E-state index in [1.165, 1.54) is 0 Å². The second kappa shape index (κ2) is 7.79.